The molecule has 0 aliphatic heterocycles. The minimum absolute atomic E-state index is 0.108. The predicted molar refractivity (Wildman–Crippen MR) is 171 cm³/mol. The molecule has 0 fully saturated rings. The number of hydrogen-bond acceptors (Lipinski definition) is 7. The van der Waals surface area contributed by atoms with E-state index in [0.29, 0.717) is 30.1 Å². The molecule has 3 heterocycles. The molecule has 10 heteroatoms. The molecule has 1 aliphatic rings. The maximum absolute atomic E-state index is 12.7. The fourth-order valence-electron chi connectivity index (χ4n) is 5.81. The molecule has 2 aromatic carbocycles. The van der Waals surface area contributed by atoms with E-state index in [9.17, 15) is 4.79 Å². The van der Waals surface area contributed by atoms with Gasteiger partial charge in [0.2, 0.25) is 0 Å². The van der Waals surface area contributed by atoms with Gasteiger partial charge in [-0.25, -0.2) is 9.97 Å². The second-order valence-corrected chi connectivity index (χ2v) is 11.6. The summed E-state index contributed by atoms with van der Waals surface area (Å²) in [6.45, 7) is 1.54. The van der Waals surface area contributed by atoms with Gasteiger partial charge in [-0.2, -0.15) is 10.2 Å². The molecule has 0 bridgehead atoms. The first-order chi connectivity index (χ1) is 21.3. The first kappa shape index (κ1) is 29.3. The largest absolute Gasteiger partial charge is 0.496 e. The molecule has 0 radical (unpaired) electrons. The number of nitrogens with one attached hydrogen (secondary N) is 1. The van der Waals surface area contributed by atoms with E-state index in [0.717, 1.165) is 76.3 Å². The Morgan fingerprint density at radius 3 is 2.55 bits per heavy atom. The van der Waals surface area contributed by atoms with Crippen molar-refractivity contribution in [2.45, 2.75) is 25.7 Å². The van der Waals surface area contributed by atoms with Crippen molar-refractivity contribution in [1.29, 1.82) is 0 Å². The highest BCUT2D eigenvalue weighted by atomic mass is 16.5. The highest BCUT2D eigenvalue weighted by Crippen LogP contribution is 2.40. The van der Waals surface area contributed by atoms with Crippen molar-refractivity contribution >= 4 is 5.91 Å². The van der Waals surface area contributed by atoms with Crippen molar-refractivity contribution in [3.8, 4) is 39.4 Å². The molecule has 3 aromatic heterocycles. The normalized spacial score (nSPS) is 12.2. The molecule has 5 aromatic rings. The molecule has 6 rings (SSSR count). The molecule has 1 amide bonds. The Morgan fingerprint density at radius 2 is 1.82 bits per heavy atom. The SMILES string of the molecule is COc1cc(C(=O)NCCCN(C)C)ccc1Cc1ncc2c(n1)-c1c(nn(C)c1-c1ccc(-c3cnn(C)c3)cc1)CC2. The summed E-state index contributed by atoms with van der Waals surface area (Å²) in [6, 6.07) is 14.1. The second-order valence-electron chi connectivity index (χ2n) is 11.6. The van der Waals surface area contributed by atoms with Gasteiger partial charge in [0.25, 0.3) is 5.91 Å². The maximum Gasteiger partial charge on any atom is 0.251 e. The summed E-state index contributed by atoms with van der Waals surface area (Å²) in [5.41, 5.74) is 9.99. The molecule has 10 nitrogen and oxygen atoms in total. The summed E-state index contributed by atoms with van der Waals surface area (Å²) in [5.74, 6) is 1.23. The first-order valence-corrected chi connectivity index (χ1v) is 14.9. The lowest BCUT2D eigenvalue weighted by atomic mass is 9.91. The Kier molecular flexibility index (Phi) is 8.25. The zero-order valence-corrected chi connectivity index (χ0v) is 26.0. The van der Waals surface area contributed by atoms with Crippen LogP contribution in [-0.4, -0.2) is 74.6 Å². The van der Waals surface area contributed by atoms with E-state index in [4.69, 9.17) is 19.8 Å². The number of fused-ring (bicyclic) bond motifs is 3. The first-order valence-electron chi connectivity index (χ1n) is 14.9. The fourth-order valence-corrected chi connectivity index (χ4v) is 5.81. The lowest BCUT2D eigenvalue weighted by Crippen LogP contribution is -2.27. The summed E-state index contributed by atoms with van der Waals surface area (Å²) < 4.78 is 9.47. The van der Waals surface area contributed by atoms with E-state index in [2.05, 4.69) is 39.6 Å². The van der Waals surface area contributed by atoms with Gasteiger partial charge in [-0.15, -0.1) is 0 Å². The number of hydrogen-bond donors (Lipinski definition) is 1. The Morgan fingerprint density at radius 1 is 1.02 bits per heavy atom. The lowest BCUT2D eigenvalue weighted by Gasteiger charge is -2.17. The summed E-state index contributed by atoms with van der Waals surface area (Å²) in [7, 11) is 9.59. The van der Waals surface area contributed by atoms with E-state index in [1.54, 1.807) is 13.2 Å². The van der Waals surface area contributed by atoms with Crippen LogP contribution in [0.2, 0.25) is 0 Å². The Hall–Kier alpha value is -4.83. The smallest absolute Gasteiger partial charge is 0.251 e. The summed E-state index contributed by atoms with van der Waals surface area (Å²) in [4.78, 5) is 24.7. The average molecular weight is 591 g/mol. The minimum atomic E-state index is -0.108. The highest BCUT2D eigenvalue weighted by molar-refractivity contribution is 5.94. The van der Waals surface area contributed by atoms with Gasteiger partial charge in [0.1, 0.15) is 11.6 Å². The van der Waals surface area contributed by atoms with Crippen molar-refractivity contribution < 1.29 is 9.53 Å². The number of benzene rings is 2. The molecule has 0 saturated carbocycles. The van der Waals surface area contributed by atoms with Crippen molar-refractivity contribution in [1.82, 2.24) is 39.7 Å². The van der Waals surface area contributed by atoms with Crippen LogP contribution in [0.3, 0.4) is 0 Å². The van der Waals surface area contributed by atoms with E-state index in [1.165, 1.54) is 0 Å². The van der Waals surface area contributed by atoms with Crippen LogP contribution in [0.15, 0.2) is 61.1 Å². The van der Waals surface area contributed by atoms with Gasteiger partial charge in [-0.3, -0.25) is 14.2 Å². The van der Waals surface area contributed by atoms with Crippen LogP contribution in [0.25, 0.3) is 33.6 Å². The van der Waals surface area contributed by atoms with Crippen LogP contribution < -0.4 is 10.1 Å². The molecule has 1 aliphatic carbocycles. The van der Waals surface area contributed by atoms with Gasteiger partial charge in [-0.05, 0) is 63.2 Å². The Bertz CT molecular complexity index is 1800. The van der Waals surface area contributed by atoms with E-state index < -0.39 is 0 Å². The maximum atomic E-state index is 12.7. The summed E-state index contributed by atoms with van der Waals surface area (Å²) >= 11 is 0. The molecule has 1 N–H and O–H groups in total. The average Bonchev–Trinajstić information content (AvgIpc) is 3.61. The summed E-state index contributed by atoms with van der Waals surface area (Å²) in [5, 5.41) is 12.2. The lowest BCUT2D eigenvalue weighted by molar-refractivity contribution is 0.0952. The van der Waals surface area contributed by atoms with Gasteiger partial charge < -0.3 is 15.0 Å². The topological polar surface area (TPSA) is 103 Å². The molecule has 0 unspecified atom stereocenters. The van der Waals surface area contributed by atoms with Gasteiger partial charge in [0.05, 0.1) is 30.4 Å². The van der Waals surface area contributed by atoms with E-state index in [-0.39, 0.29) is 5.91 Å². The molecule has 0 saturated heterocycles. The van der Waals surface area contributed by atoms with Gasteiger partial charge in [0.15, 0.2) is 0 Å². The van der Waals surface area contributed by atoms with Crippen LogP contribution in [0.1, 0.15) is 39.4 Å². The van der Waals surface area contributed by atoms with Gasteiger partial charge in [0, 0.05) is 67.3 Å². The quantitative estimate of drug-likeness (QED) is 0.242. The van der Waals surface area contributed by atoms with Crippen LogP contribution >= 0.6 is 0 Å². The third-order valence-electron chi connectivity index (χ3n) is 8.06. The van der Waals surface area contributed by atoms with E-state index in [1.807, 2.05) is 68.3 Å². The predicted octanol–water partition coefficient (Wildman–Crippen LogP) is 4.32. The number of carbonyl (C=O) groups excluding carboxylic acids is 1. The number of ether oxygens (including phenoxy) is 1. The number of nitrogens with zero attached hydrogens (tertiary/aromatic N) is 7. The molecule has 0 atom stereocenters. The van der Waals surface area contributed by atoms with Crippen molar-refractivity contribution in [3.63, 3.8) is 0 Å². The zero-order valence-electron chi connectivity index (χ0n) is 26.0. The zero-order chi connectivity index (χ0) is 30.8. The summed E-state index contributed by atoms with van der Waals surface area (Å²) in [6.07, 6.45) is 8.90. The number of carbonyl (C=O) groups is 1. The van der Waals surface area contributed by atoms with Crippen molar-refractivity contribution in [2.24, 2.45) is 14.1 Å². The molecule has 44 heavy (non-hydrogen) atoms. The van der Waals surface area contributed by atoms with E-state index >= 15 is 0 Å². The molecular weight excluding hydrogens is 552 g/mol. The molecular formula is C34H38N8O2. The number of methoxy groups -OCH3 is 1. The van der Waals surface area contributed by atoms with Crippen LogP contribution in [0, 0.1) is 0 Å². The minimum Gasteiger partial charge on any atom is -0.496 e. The highest BCUT2D eigenvalue weighted by Gasteiger charge is 2.27. The Balaban J connectivity index is 1.26. The number of rotatable bonds is 10. The van der Waals surface area contributed by atoms with Crippen molar-refractivity contribution in [3.05, 3.63) is 89.3 Å². The number of aryl methyl sites for hydroxylation is 4. The number of amides is 1. The third kappa shape index (κ3) is 5.98. The second kappa shape index (κ2) is 12.4. The fraction of sp³-hybridized carbons (Fsp3) is 0.324. The van der Waals surface area contributed by atoms with Crippen LogP contribution in [-0.2, 0) is 33.4 Å². The van der Waals surface area contributed by atoms with Gasteiger partial charge in [-0.1, -0.05) is 30.3 Å². The Labute approximate surface area is 257 Å². The van der Waals surface area contributed by atoms with Gasteiger partial charge >= 0.3 is 0 Å². The standard InChI is InChI=1S/C34H38N8O2/c1-40(2)16-6-15-35-34(43)25-12-11-24(29(17-25)44-5)18-30-36-19-26-13-14-28-31(32(26)38-30)33(42(4)39-28)23-9-7-22(8-10-23)27-20-37-41(3)21-27/h7-12,17,19-21H,6,13-16,18H2,1-5H3,(H,35,43). The van der Waals surface area contributed by atoms with Crippen molar-refractivity contribution in [2.75, 3.05) is 34.3 Å². The monoisotopic (exact) mass is 590 g/mol. The van der Waals surface area contributed by atoms with Crippen LogP contribution in [0.4, 0.5) is 0 Å². The number of aromatic nitrogens is 6. The molecule has 226 valence electrons. The molecule has 0 spiro atoms. The third-order valence-corrected chi connectivity index (χ3v) is 8.06. The van der Waals surface area contributed by atoms with Crippen LogP contribution in [0.5, 0.6) is 5.75 Å².